The van der Waals surface area contributed by atoms with E-state index in [1.54, 1.807) is 12.1 Å². The largest absolute Gasteiger partial charge is 0.507 e. The Morgan fingerprint density at radius 3 is 2.63 bits per heavy atom. The standard InChI is InChI=1S/C15H20ClNO2/c1-2-17(12-6-4-3-5-7-12)15(19)13-9-8-11(16)10-14(13)18/h8-10,12,18H,2-7H2,1H3. The molecule has 0 heterocycles. The summed E-state index contributed by atoms with van der Waals surface area (Å²) in [6.45, 7) is 2.66. The van der Waals surface area contributed by atoms with E-state index in [4.69, 9.17) is 11.6 Å². The van der Waals surface area contributed by atoms with Crippen LogP contribution in [-0.2, 0) is 0 Å². The average molecular weight is 282 g/mol. The van der Waals surface area contributed by atoms with Crippen molar-refractivity contribution >= 4 is 17.5 Å². The number of hydrogen-bond donors (Lipinski definition) is 1. The molecule has 1 aromatic rings. The van der Waals surface area contributed by atoms with Gasteiger partial charge in [0.15, 0.2) is 0 Å². The molecule has 0 saturated heterocycles. The summed E-state index contributed by atoms with van der Waals surface area (Å²) in [7, 11) is 0. The van der Waals surface area contributed by atoms with Gasteiger partial charge < -0.3 is 10.0 Å². The molecule has 4 heteroatoms. The minimum absolute atomic E-state index is 0.0354. The van der Waals surface area contributed by atoms with Gasteiger partial charge in [0.1, 0.15) is 5.75 Å². The Bertz CT molecular complexity index is 455. The van der Waals surface area contributed by atoms with Crippen LogP contribution in [0.4, 0.5) is 0 Å². The van der Waals surface area contributed by atoms with Gasteiger partial charge >= 0.3 is 0 Å². The monoisotopic (exact) mass is 281 g/mol. The van der Waals surface area contributed by atoms with Crippen LogP contribution in [0.15, 0.2) is 18.2 Å². The van der Waals surface area contributed by atoms with E-state index < -0.39 is 0 Å². The van der Waals surface area contributed by atoms with E-state index in [0.29, 0.717) is 23.2 Å². The molecular formula is C15H20ClNO2. The van der Waals surface area contributed by atoms with E-state index in [9.17, 15) is 9.90 Å². The highest BCUT2D eigenvalue weighted by atomic mass is 35.5. The first-order valence-corrected chi connectivity index (χ1v) is 7.30. The van der Waals surface area contributed by atoms with Gasteiger partial charge in [0.05, 0.1) is 5.56 Å². The number of amides is 1. The molecule has 1 aromatic carbocycles. The highest BCUT2D eigenvalue weighted by molar-refractivity contribution is 6.30. The number of nitrogens with zero attached hydrogens (tertiary/aromatic N) is 1. The number of carbonyl (C=O) groups excluding carboxylic acids is 1. The number of hydrogen-bond acceptors (Lipinski definition) is 2. The molecule has 0 aliphatic heterocycles. The maximum Gasteiger partial charge on any atom is 0.257 e. The zero-order valence-corrected chi connectivity index (χ0v) is 12.0. The van der Waals surface area contributed by atoms with Gasteiger partial charge in [0, 0.05) is 17.6 Å². The van der Waals surface area contributed by atoms with Crippen LogP contribution in [0.3, 0.4) is 0 Å². The first-order valence-electron chi connectivity index (χ1n) is 6.93. The molecule has 1 aliphatic carbocycles. The predicted molar refractivity (Wildman–Crippen MR) is 76.7 cm³/mol. The SMILES string of the molecule is CCN(C(=O)c1ccc(Cl)cc1O)C1CCCCC1. The van der Waals surface area contributed by atoms with E-state index in [2.05, 4.69) is 0 Å². The molecule has 1 aliphatic rings. The van der Waals surface area contributed by atoms with Gasteiger partial charge in [0.25, 0.3) is 5.91 Å². The second-order valence-corrected chi connectivity index (χ2v) is 5.48. The Morgan fingerprint density at radius 2 is 2.05 bits per heavy atom. The van der Waals surface area contributed by atoms with Crippen molar-refractivity contribution < 1.29 is 9.90 Å². The second-order valence-electron chi connectivity index (χ2n) is 5.04. The lowest BCUT2D eigenvalue weighted by molar-refractivity contribution is 0.0645. The third-order valence-electron chi connectivity index (χ3n) is 3.81. The molecule has 1 amide bonds. The van der Waals surface area contributed by atoms with E-state index >= 15 is 0 Å². The summed E-state index contributed by atoms with van der Waals surface area (Å²) < 4.78 is 0. The van der Waals surface area contributed by atoms with Crippen LogP contribution in [0.2, 0.25) is 5.02 Å². The van der Waals surface area contributed by atoms with E-state index in [1.807, 2.05) is 11.8 Å². The molecule has 0 atom stereocenters. The summed E-state index contributed by atoms with van der Waals surface area (Å²) in [4.78, 5) is 14.4. The summed E-state index contributed by atoms with van der Waals surface area (Å²) in [6, 6.07) is 4.97. The minimum atomic E-state index is -0.0939. The molecule has 0 aromatic heterocycles. The number of phenolic OH excluding ortho intramolecular Hbond substituents is 1. The van der Waals surface area contributed by atoms with E-state index in [1.165, 1.54) is 25.3 Å². The molecule has 3 nitrogen and oxygen atoms in total. The molecule has 1 N–H and O–H groups in total. The van der Waals surface area contributed by atoms with Crippen molar-refractivity contribution in [1.29, 1.82) is 0 Å². The summed E-state index contributed by atoms with van der Waals surface area (Å²) >= 11 is 5.80. The van der Waals surface area contributed by atoms with Crippen molar-refractivity contribution in [3.05, 3.63) is 28.8 Å². The molecule has 0 bridgehead atoms. The number of halogens is 1. The summed E-state index contributed by atoms with van der Waals surface area (Å²) in [6.07, 6.45) is 5.75. The van der Waals surface area contributed by atoms with Crippen molar-refractivity contribution in [3.8, 4) is 5.75 Å². The van der Waals surface area contributed by atoms with Gasteiger partial charge in [0.2, 0.25) is 0 Å². The van der Waals surface area contributed by atoms with Crippen LogP contribution in [0.5, 0.6) is 5.75 Å². The van der Waals surface area contributed by atoms with Gasteiger partial charge in [-0.05, 0) is 38.0 Å². The maximum absolute atomic E-state index is 12.5. The number of aromatic hydroxyl groups is 1. The molecule has 0 radical (unpaired) electrons. The quantitative estimate of drug-likeness (QED) is 0.914. The molecule has 1 saturated carbocycles. The van der Waals surface area contributed by atoms with Crippen molar-refractivity contribution in [1.82, 2.24) is 4.90 Å². The lowest BCUT2D eigenvalue weighted by atomic mass is 9.93. The Hall–Kier alpha value is -1.22. The molecule has 19 heavy (non-hydrogen) atoms. The van der Waals surface area contributed by atoms with Gasteiger partial charge in [-0.3, -0.25) is 4.79 Å². The van der Waals surface area contributed by atoms with Crippen LogP contribution in [-0.4, -0.2) is 28.5 Å². The second kappa shape index (κ2) is 6.29. The highest BCUT2D eigenvalue weighted by Gasteiger charge is 2.26. The zero-order valence-electron chi connectivity index (χ0n) is 11.2. The number of carbonyl (C=O) groups is 1. The van der Waals surface area contributed by atoms with E-state index in [0.717, 1.165) is 12.8 Å². The van der Waals surface area contributed by atoms with Crippen molar-refractivity contribution in [3.63, 3.8) is 0 Å². The normalized spacial score (nSPS) is 16.3. The van der Waals surface area contributed by atoms with Crippen LogP contribution in [0, 0.1) is 0 Å². The topological polar surface area (TPSA) is 40.5 Å². The van der Waals surface area contributed by atoms with Crippen LogP contribution >= 0.6 is 11.6 Å². The van der Waals surface area contributed by atoms with Gasteiger partial charge in [-0.15, -0.1) is 0 Å². The van der Waals surface area contributed by atoms with Crippen LogP contribution in [0.1, 0.15) is 49.4 Å². The summed E-state index contributed by atoms with van der Waals surface area (Å²) in [5.74, 6) is -0.129. The molecular weight excluding hydrogens is 262 g/mol. The Morgan fingerprint density at radius 1 is 1.37 bits per heavy atom. The lowest BCUT2D eigenvalue weighted by Gasteiger charge is -2.33. The van der Waals surface area contributed by atoms with Gasteiger partial charge in [-0.2, -0.15) is 0 Å². The fraction of sp³-hybridized carbons (Fsp3) is 0.533. The van der Waals surface area contributed by atoms with Gasteiger partial charge in [-0.1, -0.05) is 30.9 Å². The Kier molecular flexibility index (Phi) is 4.70. The number of rotatable bonds is 3. The number of benzene rings is 1. The fourth-order valence-electron chi connectivity index (χ4n) is 2.80. The highest BCUT2D eigenvalue weighted by Crippen LogP contribution is 2.27. The fourth-order valence-corrected chi connectivity index (χ4v) is 2.97. The third-order valence-corrected chi connectivity index (χ3v) is 4.04. The molecule has 1 fully saturated rings. The summed E-state index contributed by atoms with van der Waals surface area (Å²) in [5.41, 5.74) is 0.344. The average Bonchev–Trinajstić information content (AvgIpc) is 2.40. The smallest absolute Gasteiger partial charge is 0.257 e. The molecule has 104 valence electrons. The van der Waals surface area contributed by atoms with E-state index in [-0.39, 0.29) is 11.7 Å². The molecule has 0 spiro atoms. The van der Waals surface area contributed by atoms with Crippen molar-refractivity contribution in [2.45, 2.75) is 45.1 Å². The Labute approximate surface area is 119 Å². The van der Waals surface area contributed by atoms with Crippen LogP contribution < -0.4 is 0 Å². The van der Waals surface area contributed by atoms with Gasteiger partial charge in [-0.25, -0.2) is 0 Å². The zero-order chi connectivity index (χ0) is 13.8. The first kappa shape index (κ1) is 14.2. The van der Waals surface area contributed by atoms with Crippen molar-refractivity contribution in [2.75, 3.05) is 6.54 Å². The summed E-state index contributed by atoms with van der Waals surface area (Å²) in [5, 5.41) is 10.3. The predicted octanol–water partition coefficient (Wildman–Crippen LogP) is 3.84. The minimum Gasteiger partial charge on any atom is -0.507 e. The van der Waals surface area contributed by atoms with Crippen LogP contribution in [0.25, 0.3) is 0 Å². The molecule has 2 rings (SSSR count). The lowest BCUT2D eigenvalue weighted by Crippen LogP contribution is -2.41. The number of phenols is 1. The first-order chi connectivity index (χ1) is 9.13. The third kappa shape index (κ3) is 3.21. The van der Waals surface area contributed by atoms with Crippen molar-refractivity contribution in [2.24, 2.45) is 0 Å². The maximum atomic E-state index is 12.5. The Balaban J connectivity index is 2.19. The molecule has 0 unspecified atom stereocenters.